The highest BCUT2D eigenvalue weighted by Crippen LogP contribution is 2.25. The van der Waals surface area contributed by atoms with Crippen molar-refractivity contribution in [3.8, 4) is 5.75 Å². The Morgan fingerprint density at radius 1 is 1.36 bits per heavy atom. The van der Waals surface area contributed by atoms with Crippen molar-refractivity contribution >= 4 is 11.6 Å². The van der Waals surface area contributed by atoms with Gasteiger partial charge in [-0.15, -0.1) is 0 Å². The normalized spacial score (nSPS) is 16.5. The van der Waals surface area contributed by atoms with Crippen LogP contribution in [0.25, 0.3) is 0 Å². The van der Waals surface area contributed by atoms with Crippen LogP contribution >= 0.6 is 11.6 Å². The van der Waals surface area contributed by atoms with Gasteiger partial charge in [0.1, 0.15) is 0 Å². The van der Waals surface area contributed by atoms with Crippen molar-refractivity contribution in [3.05, 3.63) is 17.7 Å². The maximum absolute atomic E-state index is 5.49. The summed E-state index contributed by atoms with van der Waals surface area (Å²) in [7, 11) is 0. The predicted molar refractivity (Wildman–Crippen MR) is 40.7 cm³/mol. The Morgan fingerprint density at radius 2 is 2.00 bits per heavy atom. The van der Waals surface area contributed by atoms with Gasteiger partial charge < -0.3 is 4.74 Å². The average molecular weight is 171 g/mol. The third-order valence-corrected chi connectivity index (χ3v) is 1.62. The maximum atomic E-state index is 5.49. The number of halogens is 1. The summed E-state index contributed by atoms with van der Waals surface area (Å²) < 4.78 is 5.40. The molecule has 0 bridgehead atoms. The van der Waals surface area contributed by atoms with E-state index >= 15 is 0 Å². The Kier molecular flexibility index (Phi) is 1.66. The number of ether oxygens (including phenoxy) is 1. The number of hydrogen-bond donors (Lipinski definition) is 0. The molecular formula is C7H7ClN2O. The van der Waals surface area contributed by atoms with E-state index in [0.29, 0.717) is 11.9 Å². The van der Waals surface area contributed by atoms with Crippen molar-refractivity contribution in [1.82, 2.24) is 9.97 Å². The molecule has 0 unspecified atom stereocenters. The lowest BCUT2D eigenvalue weighted by atomic mass is 10.6. The first-order valence-electron chi connectivity index (χ1n) is 3.49. The van der Waals surface area contributed by atoms with Gasteiger partial charge in [0.2, 0.25) is 5.28 Å². The minimum Gasteiger partial charge on any atom is -0.487 e. The maximum Gasteiger partial charge on any atom is 0.222 e. The predicted octanol–water partition coefficient (Wildman–Crippen LogP) is 1.67. The fourth-order valence-corrected chi connectivity index (χ4v) is 0.837. The second kappa shape index (κ2) is 2.66. The Hall–Kier alpha value is -0.830. The van der Waals surface area contributed by atoms with E-state index in [4.69, 9.17) is 16.3 Å². The molecule has 0 radical (unpaired) electrons. The van der Waals surface area contributed by atoms with Gasteiger partial charge >= 0.3 is 0 Å². The quantitative estimate of drug-likeness (QED) is 0.634. The summed E-state index contributed by atoms with van der Waals surface area (Å²) in [6.07, 6.45) is 5.85. The lowest BCUT2D eigenvalue weighted by molar-refractivity contribution is 0.300. The smallest absolute Gasteiger partial charge is 0.222 e. The third kappa shape index (κ3) is 1.80. The molecular weight excluding hydrogens is 164 g/mol. The van der Waals surface area contributed by atoms with E-state index in [2.05, 4.69) is 9.97 Å². The fraction of sp³-hybridized carbons (Fsp3) is 0.429. The van der Waals surface area contributed by atoms with E-state index in [1.807, 2.05) is 0 Å². The molecule has 0 N–H and O–H groups in total. The molecule has 1 aliphatic rings. The molecule has 0 amide bonds. The van der Waals surface area contributed by atoms with Gasteiger partial charge in [0.15, 0.2) is 5.75 Å². The largest absolute Gasteiger partial charge is 0.487 e. The lowest BCUT2D eigenvalue weighted by Gasteiger charge is -2.00. The topological polar surface area (TPSA) is 35.0 Å². The molecule has 0 atom stereocenters. The summed E-state index contributed by atoms with van der Waals surface area (Å²) in [5.74, 6) is 0.705. The minimum atomic E-state index is 0.258. The van der Waals surface area contributed by atoms with E-state index in [1.165, 1.54) is 0 Å². The average Bonchev–Trinajstić information content (AvgIpc) is 2.78. The molecule has 0 saturated heterocycles. The van der Waals surface area contributed by atoms with Crippen LogP contribution in [-0.2, 0) is 0 Å². The highest BCUT2D eigenvalue weighted by atomic mass is 35.5. The van der Waals surface area contributed by atoms with Crippen molar-refractivity contribution in [3.63, 3.8) is 0 Å². The van der Waals surface area contributed by atoms with Crippen molar-refractivity contribution in [2.45, 2.75) is 18.9 Å². The number of rotatable bonds is 2. The molecule has 3 nitrogen and oxygen atoms in total. The molecule has 58 valence electrons. The highest BCUT2D eigenvalue weighted by molar-refractivity contribution is 6.28. The van der Waals surface area contributed by atoms with Gasteiger partial charge in [0, 0.05) is 0 Å². The van der Waals surface area contributed by atoms with Crippen LogP contribution in [0.5, 0.6) is 5.75 Å². The second-order valence-electron chi connectivity index (χ2n) is 2.51. The molecule has 2 rings (SSSR count). The van der Waals surface area contributed by atoms with Gasteiger partial charge in [-0.3, -0.25) is 0 Å². The van der Waals surface area contributed by atoms with E-state index < -0.39 is 0 Å². The van der Waals surface area contributed by atoms with Gasteiger partial charge in [0.25, 0.3) is 0 Å². The summed E-state index contributed by atoms with van der Waals surface area (Å²) in [5.41, 5.74) is 0. The molecule has 1 aliphatic carbocycles. The van der Waals surface area contributed by atoms with Crippen molar-refractivity contribution in [2.75, 3.05) is 0 Å². The zero-order valence-corrected chi connectivity index (χ0v) is 6.58. The number of aromatic nitrogens is 2. The van der Waals surface area contributed by atoms with E-state index in [1.54, 1.807) is 12.4 Å². The number of nitrogens with zero attached hydrogens (tertiary/aromatic N) is 2. The van der Waals surface area contributed by atoms with Crippen LogP contribution in [0, 0.1) is 0 Å². The van der Waals surface area contributed by atoms with Crippen LogP contribution in [0.15, 0.2) is 12.4 Å². The first-order chi connectivity index (χ1) is 5.34. The van der Waals surface area contributed by atoms with Gasteiger partial charge in [-0.05, 0) is 24.4 Å². The van der Waals surface area contributed by atoms with Gasteiger partial charge in [0.05, 0.1) is 18.5 Å². The molecule has 0 spiro atoms. The molecule has 1 aromatic rings. The SMILES string of the molecule is Clc1ncc(OC2CC2)cn1. The van der Waals surface area contributed by atoms with E-state index in [9.17, 15) is 0 Å². The summed E-state index contributed by atoms with van der Waals surface area (Å²) >= 11 is 5.49. The molecule has 1 fully saturated rings. The first-order valence-corrected chi connectivity index (χ1v) is 3.86. The van der Waals surface area contributed by atoms with Crippen molar-refractivity contribution < 1.29 is 4.74 Å². The van der Waals surface area contributed by atoms with E-state index in [0.717, 1.165) is 12.8 Å². The van der Waals surface area contributed by atoms with Crippen LogP contribution in [0.3, 0.4) is 0 Å². The Bertz CT molecular complexity index is 245. The van der Waals surface area contributed by atoms with Crippen LogP contribution in [0.4, 0.5) is 0 Å². The summed E-state index contributed by atoms with van der Waals surface area (Å²) in [4.78, 5) is 7.58. The first kappa shape index (κ1) is 6.85. The minimum absolute atomic E-state index is 0.258. The highest BCUT2D eigenvalue weighted by Gasteiger charge is 2.23. The second-order valence-corrected chi connectivity index (χ2v) is 2.84. The molecule has 4 heteroatoms. The molecule has 1 heterocycles. The van der Waals surface area contributed by atoms with Crippen LogP contribution in [0.2, 0.25) is 5.28 Å². The third-order valence-electron chi connectivity index (χ3n) is 1.42. The Balaban J connectivity index is 2.06. The monoisotopic (exact) mass is 170 g/mol. The van der Waals surface area contributed by atoms with Gasteiger partial charge in [-0.25, -0.2) is 9.97 Å². The standard InChI is InChI=1S/C7H7ClN2O/c8-7-9-3-6(4-10-7)11-5-1-2-5/h3-5H,1-2H2. The Morgan fingerprint density at radius 3 is 2.55 bits per heavy atom. The Labute approximate surface area is 69.4 Å². The molecule has 0 aliphatic heterocycles. The molecule has 0 aromatic carbocycles. The molecule has 11 heavy (non-hydrogen) atoms. The number of hydrogen-bond acceptors (Lipinski definition) is 3. The fourth-order valence-electron chi connectivity index (χ4n) is 0.740. The van der Waals surface area contributed by atoms with Crippen molar-refractivity contribution in [2.24, 2.45) is 0 Å². The summed E-state index contributed by atoms with van der Waals surface area (Å²) in [6, 6.07) is 0. The summed E-state index contributed by atoms with van der Waals surface area (Å²) in [6.45, 7) is 0. The van der Waals surface area contributed by atoms with E-state index in [-0.39, 0.29) is 5.28 Å². The molecule has 1 saturated carbocycles. The van der Waals surface area contributed by atoms with Crippen molar-refractivity contribution in [1.29, 1.82) is 0 Å². The van der Waals surface area contributed by atoms with Gasteiger partial charge in [-0.2, -0.15) is 0 Å². The van der Waals surface area contributed by atoms with Crippen LogP contribution in [0.1, 0.15) is 12.8 Å². The zero-order valence-electron chi connectivity index (χ0n) is 5.83. The lowest BCUT2D eigenvalue weighted by Crippen LogP contribution is -1.96. The van der Waals surface area contributed by atoms with Crippen LogP contribution < -0.4 is 4.74 Å². The summed E-state index contributed by atoms with van der Waals surface area (Å²) in [5, 5.41) is 0.258. The van der Waals surface area contributed by atoms with Crippen LogP contribution in [-0.4, -0.2) is 16.1 Å². The van der Waals surface area contributed by atoms with Gasteiger partial charge in [-0.1, -0.05) is 0 Å². The zero-order chi connectivity index (χ0) is 7.68. The molecule has 1 aromatic heterocycles.